The van der Waals surface area contributed by atoms with Crippen molar-refractivity contribution in [3.8, 4) is 0 Å². The topological polar surface area (TPSA) is 58.1 Å². The summed E-state index contributed by atoms with van der Waals surface area (Å²) in [5.74, 6) is 0.0291. The van der Waals surface area contributed by atoms with Gasteiger partial charge < -0.3 is 5.32 Å². The van der Waals surface area contributed by atoms with Crippen molar-refractivity contribution in [2.75, 3.05) is 26.7 Å². The van der Waals surface area contributed by atoms with E-state index in [1.807, 2.05) is 7.05 Å². The van der Waals surface area contributed by atoms with Gasteiger partial charge in [0.25, 0.3) is 0 Å². The van der Waals surface area contributed by atoms with E-state index in [4.69, 9.17) is 0 Å². The average Bonchev–Trinajstić information content (AvgIpc) is 2.40. The Morgan fingerprint density at radius 2 is 2.39 bits per heavy atom. The van der Waals surface area contributed by atoms with Crippen LogP contribution in [0.4, 0.5) is 0 Å². The zero-order valence-electron chi connectivity index (χ0n) is 10.8. The molecule has 0 saturated carbocycles. The molecule has 1 aliphatic rings. The van der Waals surface area contributed by atoms with Gasteiger partial charge >= 0.3 is 0 Å². The molecular weight excluding hydrogens is 228 g/mol. The SMILES string of the molecule is CN(CC(=O)c1cnccn1)C[C@H]1CCCCN1. The fourth-order valence-corrected chi connectivity index (χ4v) is 2.29. The minimum atomic E-state index is 0.0291. The molecule has 5 heteroatoms. The highest BCUT2D eigenvalue weighted by atomic mass is 16.1. The lowest BCUT2D eigenvalue weighted by Crippen LogP contribution is -2.43. The molecule has 98 valence electrons. The molecule has 1 aliphatic heterocycles. The molecule has 0 aliphatic carbocycles. The van der Waals surface area contributed by atoms with Crippen LogP contribution in [0.1, 0.15) is 29.8 Å². The number of piperidine rings is 1. The maximum absolute atomic E-state index is 11.9. The molecule has 0 radical (unpaired) electrons. The fraction of sp³-hybridized carbons (Fsp3) is 0.615. The highest BCUT2D eigenvalue weighted by molar-refractivity contribution is 5.95. The molecule has 0 amide bonds. The molecule has 1 fully saturated rings. The number of hydrogen-bond donors (Lipinski definition) is 1. The van der Waals surface area contributed by atoms with Crippen molar-refractivity contribution in [2.45, 2.75) is 25.3 Å². The number of nitrogens with one attached hydrogen (secondary N) is 1. The van der Waals surface area contributed by atoms with Crippen LogP contribution >= 0.6 is 0 Å². The van der Waals surface area contributed by atoms with Crippen molar-refractivity contribution in [3.05, 3.63) is 24.3 Å². The van der Waals surface area contributed by atoms with Gasteiger partial charge in [0.2, 0.25) is 0 Å². The van der Waals surface area contributed by atoms with Gasteiger partial charge in [0.1, 0.15) is 5.69 Å². The molecule has 1 aromatic rings. The Morgan fingerprint density at radius 3 is 3.06 bits per heavy atom. The van der Waals surface area contributed by atoms with E-state index in [9.17, 15) is 4.79 Å². The molecule has 0 unspecified atom stereocenters. The maximum Gasteiger partial charge on any atom is 0.196 e. The van der Waals surface area contributed by atoms with Gasteiger partial charge in [-0.25, -0.2) is 4.98 Å². The predicted octanol–water partition coefficient (Wildman–Crippen LogP) is 0.733. The second-order valence-corrected chi connectivity index (χ2v) is 4.86. The lowest BCUT2D eigenvalue weighted by Gasteiger charge is -2.27. The zero-order chi connectivity index (χ0) is 12.8. The summed E-state index contributed by atoms with van der Waals surface area (Å²) in [4.78, 5) is 21.9. The number of ketones is 1. The van der Waals surface area contributed by atoms with E-state index < -0.39 is 0 Å². The van der Waals surface area contributed by atoms with Crippen molar-refractivity contribution in [1.29, 1.82) is 0 Å². The van der Waals surface area contributed by atoms with Crippen LogP contribution in [0.25, 0.3) is 0 Å². The summed E-state index contributed by atoms with van der Waals surface area (Å²) in [5, 5.41) is 3.48. The monoisotopic (exact) mass is 248 g/mol. The Morgan fingerprint density at radius 1 is 1.50 bits per heavy atom. The standard InChI is InChI=1S/C13H20N4O/c1-17(9-11-4-2-3-5-15-11)10-13(18)12-8-14-6-7-16-12/h6-8,11,15H,2-5,9-10H2,1H3/t11-/m1/s1. The first-order chi connectivity index (χ1) is 8.75. The largest absolute Gasteiger partial charge is 0.313 e. The number of Topliss-reactive ketones (excluding diaryl/α,β-unsaturated/α-hetero) is 1. The lowest BCUT2D eigenvalue weighted by atomic mass is 10.0. The molecule has 1 atom stereocenters. The minimum Gasteiger partial charge on any atom is -0.313 e. The number of carbonyl (C=O) groups is 1. The normalized spacial score (nSPS) is 20.0. The first-order valence-corrected chi connectivity index (χ1v) is 6.47. The Bertz CT molecular complexity index is 376. The smallest absolute Gasteiger partial charge is 0.196 e. The van der Waals surface area contributed by atoms with Gasteiger partial charge in [0.05, 0.1) is 12.7 Å². The van der Waals surface area contributed by atoms with Crippen molar-refractivity contribution < 1.29 is 4.79 Å². The summed E-state index contributed by atoms with van der Waals surface area (Å²) >= 11 is 0. The van der Waals surface area contributed by atoms with E-state index in [0.717, 1.165) is 13.1 Å². The number of likely N-dealkylation sites (N-methyl/N-ethyl adjacent to an activating group) is 1. The van der Waals surface area contributed by atoms with Gasteiger partial charge in [0, 0.05) is 25.0 Å². The van der Waals surface area contributed by atoms with Gasteiger partial charge in [-0.2, -0.15) is 0 Å². The Labute approximate surface area is 108 Å². The van der Waals surface area contributed by atoms with Crippen molar-refractivity contribution >= 4 is 5.78 Å². The van der Waals surface area contributed by atoms with Crippen LogP contribution in [0.5, 0.6) is 0 Å². The molecule has 0 aromatic carbocycles. The van der Waals surface area contributed by atoms with Gasteiger partial charge in [-0.1, -0.05) is 6.42 Å². The number of aromatic nitrogens is 2. The fourth-order valence-electron chi connectivity index (χ4n) is 2.29. The van der Waals surface area contributed by atoms with Crippen molar-refractivity contribution in [1.82, 2.24) is 20.2 Å². The summed E-state index contributed by atoms with van der Waals surface area (Å²) in [7, 11) is 1.98. The van der Waals surface area contributed by atoms with Crippen LogP contribution in [0, 0.1) is 0 Å². The van der Waals surface area contributed by atoms with Crippen LogP contribution in [-0.2, 0) is 0 Å². The van der Waals surface area contributed by atoms with Crippen molar-refractivity contribution in [2.24, 2.45) is 0 Å². The third kappa shape index (κ3) is 3.85. The van der Waals surface area contributed by atoms with Crippen LogP contribution in [0.15, 0.2) is 18.6 Å². The Kier molecular flexibility index (Phi) is 4.78. The van der Waals surface area contributed by atoms with E-state index in [1.165, 1.54) is 25.5 Å². The molecule has 1 N–H and O–H groups in total. The number of nitrogens with zero attached hydrogens (tertiary/aromatic N) is 3. The van der Waals surface area contributed by atoms with E-state index >= 15 is 0 Å². The van der Waals surface area contributed by atoms with Crippen LogP contribution in [0.2, 0.25) is 0 Å². The van der Waals surface area contributed by atoms with E-state index in [0.29, 0.717) is 18.3 Å². The molecule has 1 saturated heterocycles. The third-order valence-electron chi connectivity index (χ3n) is 3.21. The third-order valence-corrected chi connectivity index (χ3v) is 3.21. The maximum atomic E-state index is 11.9. The number of hydrogen-bond acceptors (Lipinski definition) is 5. The first kappa shape index (κ1) is 13.1. The Hall–Kier alpha value is -1.33. The molecule has 18 heavy (non-hydrogen) atoms. The zero-order valence-corrected chi connectivity index (χ0v) is 10.8. The summed E-state index contributed by atoms with van der Waals surface area (Å²) in [5.41, 5.74) is 0.445. The van der Waals surface area contributed by atoms with E-state index in [1.54, 1.807) is 12.4 Å². The molecule has 5 nitrogen and oxygen atoms in total. The lowest BCUT2D eigenvalue weighted by molar-refractivity contribution is 0.0933. The highest BCUT2D eigenvalue weighted by Gasteiger charge is 2.17. The van der Waals surface area contributed by atoms with Gasteiger partial charge in [-0.05, 0) is 26.4 Å². The molecule has 0 spiro atoms. The summed E-state index contributed by atoms with van der Waals surface area (Å²) in [6, 6.07) is 0.512. The number of carbonyl (C=O) groups excluding carboxylic acids is 1. The number of rotatable bonds is 5. The van der Waals surface area contributed by atoms with Gasteiger partial charge in [-0.15, -0.1) is 0 Å². The summed E-state index contributed by atoms with van der Waals surface area (Å²) in [6.45, 7) is 2.40. The van der Waals surface area contributed by atoms with Crippen LogP contribution in [0.3, 0.4) is 0 Å². The molecule has 1 aromatic heterocycles. The van der Waals surface area contributed by atoms with E-state index in [2.05, 4.69) is 20.2 Å². The second kappa shape index (κ2) is 6.56. The van der Waals surface area contributed by atoms with Crippen molar-refractivity contribution in [3.63, 3.8) is 0 Å². The molecular formula is C13H20N4O. The molecule has 0 bridgehead atoms. The Balaban J connectivity index is 1.80. The second-order valence-electron chi connectivity index (χ2n) is 4.86. The molecule has 2 rings (SSSR count). The van der Waals surface area contributed by atoms with Gasteiger partial charge in [0.15, 0.2) is 5.78 Å². The van der Waals surface area contributed by atoms with E-state index in [-0.39, 0.29) is 5.78 Å². The summed E-state index contributed by atoms with van der Waals surface area (Å²) in [6.07, 6.45) is 8.39. The quantitative estimate of drug-likeness (QED) is 0.779. The molecule has 2 heterocycles. The predicted molar refractivity (Wildman–Crippen MR) is 69.5 cm³/mol. The van der Waals surface area contributed by atoms with Crippen LogP contribution < -0.4 is 5.32 Å². The minimum absolute atomic E-state index is 0.0291. The summed E-state index contributed by atoms with van der Waals surface area (Å²) < 4.78 is 0. The van der Waals surface area contributed by atoms with Gasteiger partial charge in [-0.3, -0.25) is 14.7 Å². The highest BCUT2D eigenvalue weighted by Crippen LogP contribution is 2.08. The first-order valence-electron chi connectivity index (χ1n) is 6.47. The average molecular weight is 248 g/mol. The van der Waals surface area contributed by atoms with Crippen LogP contribution in [-0.4, -0.2) is 53.4 Å².